The fourth-order valence-corrected chi connectivity index (χ4v) is 2.92. The lowest BCUT2D eigenvalue weighted by Crippen LogP contribution is -2.35. The van der Waals surface area contributed by atoms with E-state index in [0.29, 0.717) is 15.7 Å². The van der Waals surface area contributed by atoms with Gasteiger partial charge in [-0.3, -0.25) is 0 Å². The lowest BCUT2D eigenvalue weighted by atomic mass is 10.1. The monoisotopic (exact) mass is 337 g/mol. The summed E-state index contributed by atoms with van der Waals surface area (Å²) in [5.74, 6) is -0.0218. The van der Waals surface area contributed by atoms with Crippen LogP contribution in [0.4, 0.5) is 5.69 Å². The molecule has 122 valence electrons. The third-order valence-electron chi connectivity index (χ3n) is 3.32. The number of nitrogen functional groups attached to an aromatic ring is 1. The normalized spacial score (nSPS) is 15.7. The maximum atomic E-state index is 10.1. The zero-order valence-electron chi connectivity index (χ0n) is 11.8. The molecule has 3 rings (SSSR count). The van der Waals surface area contributed by atoms with Crippen LogP contribution in [0.1, 0.15) is 11.9 Å². The van der Waals surface area contributed by atoms with E-state index in [1.807, 2.05) is 6.07 Å². The van der Waals surface area contributed by atoms with Crippen molar-refractivity contribution >= 4 is 22.0 Å². The molecule has 3 atom stereocenters. The summed E-state index contributed by atoms with van der Waals surface area (Å²) >= 11 is 1.24. The van der Waals surface area contributed by atoms with Crippen molar-refractivity contribution in [3.05, 3.63) is 30.1 Å². The second-order valence-electron chi connectivity index (χ2n) is 4.97. The smallest absolute Gasteiger partial charge is 0.235 e. The Morgan fingerprint density at radius 2 is 2.00 bits per heavy atom. The summed E-state index contributed by atoms with van der Waals surface area (Å²) in [6.45, 7) is -0.689. The molecule has 2 aromatic heterocycles. The van der Waals surface area contributed by atoms with Crippen LogP contribution in [0.25, 0.3) is 15.5 Å². The van der Waals surface area contributed by atoms with Gasteiger partial charge in [0.2, 0.25) is 4.96 Å². The number of aromatic nitrogens is 4. The van der Waals surface area contributed by atoms with E-state index in [0.717, 1.165) is 5.56 Å². The molecule has 0 radical (unpaired) electrons. The van der Waals surface area contributed by atoms with E-state index in [4.69, 9.17) is 10.8 Å². The number of aliphatic hydroxyl groups excluding tert-OH is 4. The molecular formula is C13H15N5O4S. The van der Waals surface area contributed by atoms with Crippen molar-refractivity contribution in [1.82, 2.24) is 19.8 Å². The summed E-state index contributed by atoms with van der Waals surface area (Å²) in [5, 5.41) is 50.8. The van der Waals surface area contributed by atoms with Gasteiger partial charge in [-0.25, -0.2) is 0 Å². The van der Waals surface area contributed by atoms with Crippen molar-refractivity contribution in [2.45, 2.75) is 18.3 Å². The van der Waals surface area contributed by atoms with Gasteiger partial charge in [0.25, 0.3) is 0 Å². The third-order valence-corrected chi connectivity index (χ3v) is 4.27. The van der Waals surface area contributed by atoms with Gasteiger partial charge in [-0.1, -0.05) is 23.5 Å². The minimum atomic E-state index is -1.61. The molecule has 0 spiro atoms. The lowest BCUT2D eigenvalue weighted by Gasteiger charge is -2.19. The van der Waals surface area contributed by atoms with Crippen molar-refractivity contribution in [2.75, 3.05) is 12.3 Å². The number of rotatable bonds is 5. The lowest BCUT2D eigenvalue weighted by molar-refractivity contribution is -0.0808. The third kappa shape index (κ3) is 2.90. The summed E-state index contributed by atoms with van der Waals surface area (Å²) in [6, 6.07) is 7.14. The molecule has 0 saturated carbocycles. The number of hydrogen-bond donors (Lipinski definition) is 5. The molecule has 0 fully saturated rings. The number of benzene rings is 1. The highest BCUT2D eigenvalue weighted by atomic mass is 32.1. The Balaban J connectivity index is 1.98. The molecule has 9 nitrogen and oxygen atoms in total. The highest BCUT2D eigenvalue weighted by molar-refractivity contribution is 7.19. The van der Waals surface area contributed by atoms with Gasteiger partial charge >= 0.3 is 0 Å². The van der Waals surface area contributed by atoms with E-state index in [1.165, 1.54) is 15.9 Å². The Labute approximate surface area is 134 Å². The first kappa shape index (κ1) is 15.8. The second kappa shape index (κ2) is 6.18. The van der Waals surface area contributed by atoms with Gasteiger partial charge in [-0.2, -0.15) is 9.61 Å². The van der Waals surface area contributed by atoms with Crippen molar-refractivity contribution < 1.29 is 20.4 Å². The van der Waals surface area contributed by atoms with Crippen LogP contribution in [-0.4, -0.2) is 59.1 Å². The summed E-state index contributed by atoms with van der Waals surface area (Å²) < 4.78 is 1.29. The Morgan fingerprint density at radius 3 is 2.70 bits per heavy atom. The van der Waals surface area contributed by atoms with Crippen molar-refractivity contribution in [2.24, 2.45) is 0 Å². The topological polar surface area (TPSA) is 150 Å². The van der Waals surface area contributed by atoms with Crippen molar-refractivity contribution in [1.29, 1.82) is 0 Å². The van der Waals surface area contributed by atoms with Gasteiger partial charge in [0.1, 0.15) is 23.3 Å². The van der Waals surface area contributed by atoms with Crippen LogP contribution in [0.15, 0.2) is 24.3 Å². The standard InChI is InChI=1S/C13H15N5O4S/c14-7-3-1-2-6(4-7)12-17-18-11(15-16-13(18)23-12)10(22)9(21)8(20)5-19/h1-4,8-10,19-22H,5,14H2/t8-,9+,10+/m1/s1. The van der Waals surface area contributed by atoms with Gasteiger partial charge in [0.15, 0.2) is 5.82 Å². The fourth-order valence-electron chi connectivity index (χ4n) is 2.08. The highest BCUT2D eigenvalue weighted by Crippen LogP contribution is 2.28. The number of aliphatic hydroxyl groups is 4. The maximum absolute atomic E-state index is 10.1. The Morgan fingerprint density at radius 1 is 1.22 bits per heavy atom. The molecule has 1 aromatic carbocycles. The van der Waals surface area contributed by atoms with Gasteiger partial charge in [0.05, 0.1) is 6.61 Å². The maximum Gasteiger partial charge on any atom is 0.235 e. The first-order valence-electron chi connectivity index (χ1n) is 6.74. The van der Waals surface area contributed by atoms with Crippen LogP contribution in [0, 0.1) is 0 Å². The van der Waals surface area contributed by atoms with Gasteiger partial charge in [0, 0.05) is 11.3 Å². The average Bonchev–Trinajstić information content (AvgIpc) is 3.13. The van der Waals surface area contributed by atoms with Crippen LogP contribution in [0.5, 0.6) is 0 Å². The van der Waals surface area contributed by atoms with E-state index in [9.17, 15) is 15.3 Å². The van der Waals surface area contributed by atoms with E-state index in [-0.39, 0.29) is 5.82 Å². The molecule has 10 heteroatoms. The van der Waals surface area contributed by atoms with E-state index < -0.39 is 24.9 Å². The van der Waals surface area contributed by atoms with Crippen LogP contribution in [0.2, 0.25) is 0 Å². The van der Waals surface area contributed by atoms with E-state index >= 15 is 0 Å². The zero-order chi connectivity index (χ0) is 16.6. The molecule has 6 N–H and O–H groups in total. The summed E-state index contributed by atoms with van der Waals surface area (Å²) in [6.07, 6.45) is -4.64. The number of fused-ring (bicyclic) bond motifs is 1. The van der Waals surface area contributed by atoms with Crippen molar-refractivity contribution in [3.8, 4) is 10.6 Å². The van der Waals surface area contributed by atoms with Gasteiger partial charge in [-0.15, -0.1) is 10.2 Å². The number of hydrogen-bond acceptors (Lipinski definition) is 9. The predicted octanol–water partition coefficient (Wildman–Crippen LogP) is -0.818. The number of anilines is 1. The Kier molecular flexibility index (Phi) is 4.24. The van der Waals surface area contributed by atoms with Crippen LogP contribution >= 0.6 is 11.3 Å². The quantitative estimate of drug-likeness (QED) is 0.379. The molecule has 0 aliphatic carbocycles. The average molecular weight is 337 g/mol. The second-order valence-corrected chi connectivity index (χ2v) is 5.93. The largest absolute Gasteiger partial charge is 0.399 e. The fraction of sp³-hybridized carbons (Fsp3) is 0.308. The van der Waals surface area contributed by atoms with Crippen LogP contribution in [-0.2, 0) is 0 Å². The highest BCUT2D eigenvalue weighted by Gasteiger charge is 2.30. The molecule has 23 heavy (non-hydrogen) atoms. The minimum absolute atomic E-state index is 0.0218. The summed E-state index contributed by atoms with van der Waals surface area (Å²) in [5.41, 5.74) is 7.13. The minimum Gasteiger partial charge on any atom is -0.399 e. The van der Waals surface area contributed by atoms with Crippen molar-refractivity contribution in [3.63, 3.8) is 0 Å². The molecule has 0 aliphatic rings. The van der Waals surface area contributed by atoms with Gasteiger partial charge < -0.3 is 26.2 Å². The number of nitrogens with two attached hydrogens (primary N) is 1. The molecule has 0 bridgehead atoms. The zero-order valence-corrected chi connectivity index (χ0v) is 12.6. The molecule has 0 saturated heterocycles. The molecule has 0 unspecified atom stereocenters. The first-order valence-corrected chi connectivity index (χ1v) is 7.56. The first-order chi connectivity index (χ1) is 11.0. The molecule has 3 aromatic rings. The number of nitrogens with zero attached hydrogens (tertiary/aromatic N) is 4. The van der Waals surface area contributed by atoms with Crippen LogP contribution in [0.3, 0.4) is 0 Å². The molecular weight excluding hydrogens is 322 g/mol. The predicted molar refractivity (Wildman–Crippen MR) is 82.6 cm³/mol. The van der Waals surface area contributed by atoms with Crippen LogP contribution < -0.4 is 5.73 Å². The Hall–Kier alpha value is -2.11. The summed E-state index contributed by atoms with van der Waals surface area (Å²) in [7, 11) is 0. The Bertz CT molecular complexity index is 820. The summed E-state index contributed by atoms with van der Waals surface area (Å²) in [4.78, 5) is 0.419. The molecule has 0 aliphatic heterocycles. The van der Waals surface area contributed by atoms with E-state index in [2.05, 4.69) is 15.3 Å². The molecule has 0 amide bonds. The van der Waals surface area contributed by atoms with Gasteiger partial charge in [-0.05, 0) is 12.1 Å². The molecule has 2 heterocycles. The SMILES string of the molecule is Nc1cccc(-c2nn3c([C@@H](O)[C@@H](O)[C@H](O)CO)nnc3s2)c1. The van der Waals surface area contributed by atoms with E-state index in [1.54, 1.807) is 18.2 Å².